The Balaban J connectivity index is 2.29. The van der Waals surface area contributed by atoms with Crippen molar-refractivity contribution in [1.29, 1.82) is 0 Å². The lowest BCUT2D eigenvalue weighted by Crippen LogP contribution is -2.38. The number of rotatable bonds is 6. The molecule has 1 aliphatic rings. The Morgan fingerprint density at radius 2 is 2.10 bits per heavy atom. The van der Waals surface area contributed by atoms with E-state index >= 15 is 0 Å². The quantitative estimate of drug-likeness (QED) is 0.631. The van der Waals surface area contributed by atoms with Crippen LogP contribution in [0.25, 0.3) is 0 Å². The Morgan fingerprint density at radius 3 is 2.62 bits per heavy atom. The van der Waals surface area contributed by atoms with Gasteiger partial charge in [-0.3, -0.25) is 4.79 Å². The van der Waals surface area contributed by atoms with Gasteiger partial charge >= 0.3 is 5.97 Å². The van der Waals surface area contributed by atoms with Crippen molar-refractivity contribution in [2.24, 2.45) is 0 Å². The van der Waals surface area contributed by atoms with Crippen LogP contribution in [0.3, 0.4) is 0 Å². The molecule has 2 rings (SSSR count). The Bertz CT molecular complexity index is 638. The standard InChI is InChI=1S/C14H20N2O4S/c1-3-20-14(17)9-16(11-4-5-11)21(18,19)12-6-7-13(15)10(2)8-12/h6-8,11H,3-5,9,15H2,1-2H3. The van der Waals surface area contributed by atoms with Crippen molar-refractivity contribution in [3.8, 4) is 0 Å². The van der Waals surface area contributed by atoms with E-state index in [0.29, 0.717) is 11.3 Å². The number of carbonyl (C=O) groups is 1. The van der Waals surface area contributed by atoms with Crippen LogP contribution in [0.2, 0.25) is 0 Å². The topological polar surface area (TPSA) is 89.7 Å². The normalized spacial score (nSPS) is 15.2. The molecule has 0 atom stereocenters. The third-order valence-corrected chi connectivity index (χ3v) is 5.29. The molecule has 0 spiro atoms. The predicted molar refractivity (Wildman–Crippen MR) is 79.1 cm³/mol. The molecule has 0 aromatic heterocycles. The number of anilines is 1. The number of nitrogen functional groups attached to an aromatic ring is 1. The molecule has 7 heteroatoms. The van der Waals surface area contributed by atoms with Crippen LogP contribution in [0.5, 0.6) is 0 Å². The lowest BCUT2D eigenvalue weighted by Gasteiger charge is -2.21. The average molecular weight is 312 g/mol. The summed E-state index contributed by atoms with van der Waals surface area (Å²) in [6, 6.07) is 4.46. The minimum Gasteiger partial charge on any atom is -0.465 e. The van der Waals surface area contributed by atoms with Gasteiger partial charge in [-0.05, 0) is 50.5 Å². The van der Waals surface area contributed by atoms with Crippen LogP contribution in [0.4, 0.5) is 5.69 Å². The van der Waals surface area contributed by atoms with Crippen molar-refractivity contribution >= 4 is 21.7 Å². The van der Waals surface area contributed by atoms with E-state index in [2.05, 4.69) is 0 Å². The van der Waals surface area contributed by atoms with Crippen LogP contribution >= 0.6 is 0 Å². The fourth-order valence-corrected chi connectivity index (χ4v) is 3.77. The van der Waals surface area contributed by atoms with Crippen molar-refractivity contribution in [3.05, 3.63) is 23.8 Å². The molecule has 1 aromatic carbocycles. The molecule has 1 aliphatic carbocycles. The smallest absolute Gasteiger partial charge is 0.321 e. The van der Waals surface area contributed by atoms with E-state index in [1.807, 2.05) is 0 Å². The average Bonchev–Trinajstić information content (AvgIpc) is 3.23. The van der Waals surface area contributed by atoms with E-state index in [-0.39, 0.29) is 24.1 Å². The third-order valence-electron chi connectivity index (χ3n) is 3.39. The van der Waals surface area contributed by atoms with Crippen LogP contribution in [-0.2, 0) is 19.6 Å². The van der Waals surface area contributed by atoms with Crippen LogP contribution in [0, 0.1) is 6.92 Å². The van der Waals surface area contributed by atoms with Gasteiger partial charge < -0.3 is 10.5 Å². The van der Waals surface area contributed by atoms with Crippen molar-refractivity contribution in [2.45, 2.75) is 37.6 Å². The summed E-state index contributed by atoms with van der Waals surface area (Å²) in [5, 5.41) is 0. The molecule has 0 aliphatic heterocycles. The molecule has 0 radical (unpaired) electrons. The minimum atomic E-state index is -3.71. The number of esters is 1. The van der Waals surface area contributed by atoms with Gasteiger partial charge in [0.2, 0.25) is 10.0 Å². The molecule has 1 aromatic rings. The molecule has 6 nitrogen and oxygen atoms in total. The number of benzene rings is 1. The molecule has 21 heavy (non-hydrogen) atoms. The zero-order chi connectivity index (χ0) is 15.6. The first-order valence-electron chi connectivity index (χ1n) is 6.90. The number of carbonyl (C=O) groups excluding carboxylic acids is 1. The Labute approximate surface area is 124 Å². The third kappa shape index (κ3) is 3.54. The molecule has 0 bridgehead atoms. The maximum atomic E-state index is 12.7. The number of hydrogen-bond acceptors (Lipinski definition) is 5. The van der Waals surface area contributed by atoms with Gasteiger partial charge in [0.1, 0.15) is 6.54 Å². The fraction of sp³-hybridized carbons (Fsp3) is 0.500. The second kappa shape index (κ2) is 6.03. The van der Waals surface area contributed by atoms with Crippen molar-refractivity contribution in [2.75, 3.05) is 18.9 Å². The summed E-state index contributed by atoms with van der Waals surface area (Å²) in [6.07, 6.45) is 1.54. The summed E-state index contributed by atoms with van der Waals surface area (Å²) in [4.78, 5) is 11.8. The van der Waals surface area contributed by atoms with Gasteiger partial charge in [0, 0.05) is 11.7 Å². The van der Waals surface area contributed by atoms with Crippen LogP contribution in [0.15, 0.2) is 23.1 Å². The highest BCUT2D eigenvalue weighted by molar-refractivity contribution is 7.89. The molecule has 1 fully saturated rings. The monoisotopic (exact) mass is 312 g/mol. The van der Waals surface area contributed by atoms with Gasteiger partial charge in [-0.1, -0.05) is 0 Å². The van der Waals surface area contributed by atoms with Gasteiger partial charge in [-0.2, -0.15) is 4.31 Å². The number of nitrogens with two attached hydrogens (primary N) is 1. The molecule has 2 N–H and O–H groups in total. The number of sulfonamides is 1. The summed E-state index contributed by atoms with van der Waals surface area (Å²) in [5.74, 6) is -0.528. The van der Waals surface area contributed by atoms with E-state index in [1.165, 1.54) is 16.4 Å². The van der Waals surface area contributed by atoms with Gasteiger partial charge in [0.05, 0.1) is 11.5 Å². The van der Waals surface area contributed by atoms with Crippen LogP contribution in [-0.4, -0.2) is 37.9 Å². The summed E-state index contributed by atoms with van der Waals surface area (Å²) in [6.45, 7) is 3.43. The Morgan fingerprint density at radius 1 is 1.43 bits per heavy atom. The minimum absolute atomic E-state index is 0.114. The predicted octanol–water partition coefficient (Wildman–Crippen LogP) is 1.29. The molecular formula is C14H20N2O4S. The van der Waals surface area contributed by atoms with E-state index < -0.39 is 16.0 Å². The van der Waals surface area contributed by atoms with Crippen LogP contribution in [0.1, 0.15) is 25.3 Å². The lowest BCUT2D eigenvalue weighted by molar-refractivity contribution is -0.143. The van der Waals surface area contributed by atoms with Gasteiger partial charge in [0.25, 0.3) is 0 Å². The number of ether oxygens (including phenoxy) is 1. The van der Waals surface area contributed by atoms with E-state index in [4.69, 9.17) is 10.5 Å². The highest BCUT2D eigenvalue weighted by atomic mass is 32.2. The summed E-state index contributed by atoms with van der Waals surface area (Å²) in [7, 11) is -3.71. The van der Waals surface area contributed by atoms with Gasteiger partial charge in [-0.15, -0.1) is 0 Å². The largest absolute Gasteiger partial charge is 0.465 e. The molecule has 116 valence electrons. The molecule has 0 unspecified atom stereocenters. The molecule has 0 amide bonds. The highest BCUT2D eigenvalue weighted by Crippen LogP contribution is 2.32. The summed E-state index contributed by atoms with van der Waals surface area (Å²) >= 11 is 0. The fourth-order valence-electron chi connectivity index (χ4n) is 2.05. The molecular weight excluding hydrogens is 292 g/mol. The van der Waals surface area contributed by atoms with Crippen molar-refractivity contribution in [3.63, 3.8) is 0 Å². The van der Waals surface area contributed by atoms with E-state index in [1.54, 1.807) is 19.9 Å². The summed E-state index contributed by atoms with van der Waals surface area (Å²) in [5.41, 5.74) is 6.95. The lowest BCUT2D eigenvalue weighted by atomic mass is 10.2. The Hall–Kier alpha value is -1.60. The second-order valence-corrected chi connectivity index (χ2v) is 7.00. The highest BCUT2D eigenvalue weighted by Gasteiger charge is 2.39. The number of hydrogen-bond donors (Lipinski definition) is 1. The van der Waals surface area contributed by atoms with E-state index in [0.717, 1.165) is 12.8 Å². The maximum Gasteiger partial charge on any atom is 0.321 e. The van der Waals surface area contributed by atoms with E-state index in [9.17, 15) is 13.2 Å². The molecule has 0 saturated heterocycles. The molecule has 1 saturated carbocycles. The van der Waals surface area contributed by atoms with Crippen molar-refractivity contribution < 1.29 is 17.9 Å². The number of nitrogens with zero attached hydrogens (tertiary/aromatic N) is 1. The van der Waals surface area contributed by atoms with Crippen molar-refractivity contribution in [1.82, 2.24) is 4.31 Å². The maximum absolute atomic E-state index is 12.7. The first-order chi connectivity index (χ1) is 9.86. The Kier molecular flexibility index (Phi) is 4.53. The van der Waals surface area contributed by atoms with Gasteiger partial charge in [-0.25, -0.2) is 8.42 Å². The number of aryl methyl sites for hydroxylation is 1. The second-order valence-electron chi connectivity index (χ2n) is 5.10. The SMILES string of the molecule is CCOC(=O)CN(C1CC1)S(=O)(=O)c1ccc(N)c(C)c1. The van der Waals surface area contributed by atoms with Crippen LogP contribution < -0.4 is 5.73 Å². The first kappa shape index (κ1) is 15.8. The zero-order valence-electron chi connectivity index (χ0n) is 12.2. The first-order valence-corrected chi connectivity index (χ1v) is 8.34. The molecule has 0 heterocycles. The van der Waals surface area contributed by atoms with Gasteiger partial charge in [0.15, 0.2) is 0 Å². The summed E-state index contributed by atoms with van der Waals surface area (Å²) < 4.78 is 31.5. The zero-order valence-corrected chi connectivity index (χ0v) is 13.0.